The fourth-order valence-electron chi connectivity index (χ4n) is 4.56. The molecule has 2 bridgehead atoms. The summed E-state index contributed by atoms with van der Waals surface area (Å²) >= 11 is 0. The van der Waals surface area contributed by atoms with E-state index in [2.05, 4.69) is 55.5 Å². The smallest absolute Gasteiger partial charge is 0.0243 e. The Balaban J connectivity index is 1.83. The van der Waals surface area contributed by atoms with Gasteiger partial charge in [-0.25, -0.2) is 0 Å². The number of allylic oxidation sites excluding steroid dienone is 8. The first-order valence-electron chi connectivity index (χ1n) is 7.66. The molecule has 0 N–H and O–H groups in total. The molecule has 1 aromatic carbocycles. The third-order valence-corrected chi connectivity index (χ3v) is 5.76. The first kappa shape index (κ1) is 10.9. The monoisotopic (exact) mass is 258 g/mol. The van der Waals surface area contributed by atoms with Gasteiger partial charge in [0.2, 0.25) is 0 Å². The van der Waals surface area contributed by atoms with Gasteiger partial charge in [0.25, 0.3) is 0 Å². The van der Waals surface area contributed by atoms with Crippen molar-refractivity contribution in [3.8, 4) is 0 Å². The summed E-state index contributed by atoms with van der Waals surface area (Å²) in [5, 5.41) is 0. The van der Waals surface area contributed by atoms with Crippen molar-refractivity contribution in [2.24, 2.45) is 5.92 Å². The first-order valence-corrected chi connectivity index (χ1v) is 7.66. The van der Waals surface area contributed by atoms with Gasteiger partial charge in [-0.15, -0.1) is 0 Å². The van der Waals surface area contributed by atoms with E-state index in [9.17, 15) is 0 Å². The molecule has 0 saturated heterocycles. The van der Waals surface area contributed by atoms with Crippen LogP contribution in [-0.4, -0.2) is 0 Å². The predicted octanol–water partition coefficient (Wildman–Crippen LogP) is 4.64. The average molecular weight is 258 g/mol. The van der Waals surface area contributed by atoms with Gasteiger partial charge in [0.15, 0.2) is 0 Å². The van der Waals surface area contributed by atoms with Crippen LogP contribution in [0.25, 0.3) is 0 Å². The summed E-state index contributed by atoms with van der Waals surface area (Å²) in [5.74, 6) is 0.728. The summed E-state index contributed by atoms with van der Waals surface area (Å²) < 4.78 is 0. The third kappa shape index (κ3) is 1.18. The van der Waals surface area contributed by atoms with Gasteiger partial charge >= 0.3 is 0 Å². The topological polar surface area (TPSA) is 0 Å². The van der Waals surface area contributed by atoms with Crippen molar-refractivity contribution in [2.45, 2.75) is 31.6 Å². The molecular formula is C20H18. The minimum absolute atomic E-state index is 0.345. The Hall–Kier alpha value is -1.82. The lowest BCUT2D eigenvalue weighted by molar-refractivity contribution is 0.707. The van der Waals surface area contributed by atoms with Gasteiger partial charge in [-0.05, 0) is 60.0 Å². The average Bonchev–Trinajstić information content (AvgIpc) is 3.20. The first-order chi connectivity index (χ1) is 9.79. The summed E-state index contributed by atoms with van der Waals surface area (Å²) in [6, 6.07) is 9.12. The number of hydrogen-bond donors (Lipinski definition) is 0. The molecule has 0 nitrogen and oxygen atoms in total. The fourth-order valence-corrected chi connectivity index (χ4v) is 4.56. The SMILES string of the molecule is CC1=C2C=CC3CC34C(=C(C=C1)Cc1ccccc14)C2. The number of rotatable bonds is 0. The Morgan fingerprint density at radius 3 is 2.85 bits per heavy atom. The summed E-state index contributed by atoms with van der Waals surface area (Å²) in [5.41, 5.74) is 9.78. The van der Waals surface area contributed by atoms with Crippen molar-refractivity contribution < 1.29 is 0 Å². The molecule has 0 aliphatic heterocycles. The van der Waals surface area contributed by atoms with Crippen LogP contribution in [0.2, 0.25) is 0 Å². The van der Waals surface area contributed by atoms with E-state index in [1.807, 2.05) is 0 Å². The molecule has 1 fully saturated rings. The molecule has 2 atom stereocenters. The van der Waals surface area contributed by atoms with E-state index in [0.717, 1.165) is 18.8 Å². The lowest BCUT2D eigenvalue weighted by atomic mass is 9.73. The maximum absolute atomic E-state index is 2.48. The van der Waals surface area contributed by atoms with Gasteiger partial charge in [0, 0.05) is 5.41 Å². The minimum Gasteiger partial charge on any atom is -0.0799 e. The summed E-state index contributed by atoms with van der Waals surface area (Å²) in [6.07, 6.45) is 13.2. The van der Waals surface area contributed by atoms with Crippen LogP contribution in [0.5, 0.6) is 0 Å². The zero-order valence-electron chi connectivity index (χ0n) is 11.8. The van der Waals surface area contributed by atoms with Gasteiger partial charge in [-0.2, -0.15) is 0 Å². The molecular weight excluding hydrogens is 240 g/mol. The molecule has 1 saturated carbocycles. The maximum Gasteiger partial charge on any atom is 0.0243 e. The van der Waals surface area contributed by atoms with E-state index in [0.29, 0.717) is 5.41 Å². The largest absolute Gasteiger partial charge is 0.0799 e. The molecule has 4 aliphatic rings. The van der Waals surface area contributed by atoms with Crippen LogP contribution in [-0.2, 0) is 11.8 Å². The van der Waals surface area contributed by atoms with E-state index < -0.39 is 0 Å². The van der Waals surface area contributed by atoms with Crippen molar-refractivity contribution in [1.82, 2.24) is 0 Å². The molecule has 5 rings (SSSR count). The molecule has 2 unspecified atom stereocenters. The van der Waals surface area contributed by atoms with Crippen LogP contribution in [0.1, 0.15) is 30.9 Å². The molecule has 0 aromatic heterocycles. The summed E-state index contributed by atoms with van der Waals surface area (Å²) in [4.78, 5) is 0. The third-order valence-electron chi connectivity index (χ3n) is 5.76. The minimum atomic E-state index is 0.345. The van der Waals surface area contributed by atoms with Crippen LogP contribution in [0.4, 0.5) is 0 Å². The van der Waals surface area contributed by atoms with Gasteiger partial charge in [0.1, 0.15) is 0 Å². The quantitative estimate of drug-likeness (QED) is 0.635. The van der Waals surface area contributed by atoms with Crippen molar-refractivity contribution in [3.05, 3.63) is 82.0 Å². The Bertz CT molecular complexity index is 754. The van der Waals surface area contributed by atoms with Crippen molar-refractivity contribution in [2.75, 3.05) is 0 Å². The van der Waals surface area contributed by atoms with Gasteiger partial charge in [0.05, 0.1) is 0 Å². The number of fused-ring (bicyclic) bond motifs is 2. The number of benzene rings is 1. The highest BCUT2D eigenvalue weighted by atomic mass is 14.6. The molecule has 0 heterocycles. The zero-order valence-corrected chi connectivity index (χ0v) is 11.8. The van der Waals surface area contributed by atoms with E-state index in [1.165, 1.54) is 17.6 Å². The second-order valence-electron chi connectivity index (χ2n) is 6.70. The summed E-state index contributed by atoms with van der Waals surface area (Å²) in [7, 11) is 0. The zero-order chi connectivity index (χ0) is 13.3. The van der Waals surface area contributed by atoms with Crippen LogP contribution in [0, 0.1) is 5.92 Å². The lowest BCUT2D eigenvalue weighted by Crippen LogP contribution is -2.22. The van der Waals surface area contributed by atoms with E-state index in [1.54, 1.807) is 22.3 Å². The Kier molecular flexibility index (Phi) is 1.87. The predicted molar refractivity (Wildman–Crippen MR) is 82.6 cm³/mol. The van der Waals surface area contributed by atoms with Crippen LogP contribution in [0.15, 0.2) is 70.9 Å². The fraction of sp³-hybridized carbons (Fsp3) is 0.300. The van der Waals surface area contributed by atoms with Gasteiger partial charge in [-0.1, -0.05) is 54.1 Å². The Labute approximate surface area is 120 Å². The molecule has 0 amide bonds. The van der Waals surface area contributed by atoms with E-state index in [4.69, 9.17) is 0 Å². The molecule has 0 radical (unpaired) electrons. The highest BCUT2D eigenvalue weighted by molar-refractivity contribution is 5.63. The van der Waals surface area contributed by atoms with Gasteiger partial charge in [-0.3, -0.25) is 0 Å². The van der Waals surface area contributed by atoms with E-state index >= 15 is 0 Å². The molecule has 4 aliphatic carbocycles. The molecule has 20 heavy (non-hydrogen) atoms. The number of hydrogen-bond acceptors (Lipinski definition) is 0. The second-order valence-corrected chi connectivity index (χ2v) is 6.70. The second kappa shape index (κ2) is 3.44. The van der Waals surface area contributed by atoms with Gasteiger partial charge < -0.3 is 0 Å². The normalized spacial score (nSPS) is 32.5. The van der Waals surface area contributed by atoms with Crippen molar-refractivity contribution >= 4 is 0 Å². The molecule has 1 spiro atoms. The lowest BCUT2D eigenvalue weighted by Gasteiger charge is -2.31. The molecule has 98 valence electrons. The molecule has 0 heteroatoms. The van der Waals surface area contributed by atoms with Crippen LogP contribution < -0.4 is 0 Å². The Morgan fingerprint density at radius 1 is 1.00 bits per heavy atom. The van der Waals surface area contributed by atoms with Crippen LogP contribution >= 0.6 is 0 Å². The standard InChI is InChI=1S/C20H18/c1-13-6-7-16-10-15-4-2-3-5-18(15)20-12-17(20)9-8-14(13)11-19(16)20/h2-9,17H,10-12H2,1H3. The summed E-state index contributed by atoms with van der Waals surface area (Å²) in [6.45, 7) is 2.26. The highest BCUT2D eigenvalue weighted by Gasteiger charge is 2.59. The van der Waals surface area contributed by atoms with E-state index in [-0.39, 0.29) is 0 Å². The molecule has 1 aromatic rings. The van der Waals surface area contributed by atoms with Crippen LogP contribution in [0.3, 0.4) is 0 Å². The Morgan fingerprint density at radius 2 is 1.90 bits per heavy atom. The highest BCUT2D eigenvalue weighted by Crippen LogP contribution is 2.66. The van der Waals surface area contributed by atoms with Crippen molar-refractivity contribution in [1.29, 1.82) is 0 Å². The maximum atomic E-state index is 2.48. The van der Waals surface area contributed by atoms with Crippen molar-refractivity contribution in [3.63, 3.8) is 0 Å².